The first-order valence-electron chi connectivity index (χ1n) is 5.23. The van der Waals surface area contributed by atoms with Crippen LogP contribution in [0.1, 0.15) is 10.4 Å². The fourth-order valence-corrected chi connectivity index (χ4v) is 1.46. The van der Waals surface area contributed by atoms with Crippen molar-refractivity contribution in [1.29, 1.82) is 0 Å². The van der Waals surface area contributed by atoms with Crippen molar-refractivity contribution < 1.29 is 4.79 Å². The van der Waals surface area contributed by atoms with Crippen molar-refractivity contribution in [2.45, 2.75) is 0 Å². The summed E-state index contributed by atoms with van der Waals surface area (Å²) >= 11 is 0. The molecule has 0 spiro atoms. The van der Waals surface area contributed by atoms with Gasteiger partial charge in [-0.05, 0) is 12.1 Å². The van der Waals surface area contributed by atoms with Gasteiger partial charge in [-0.1, -0.05) is 0 Å². The van der Waals surface area contributed by atoms with Crippen LogP contribution in [0.4, 0.5) is 5.69 Å². The van der Waals surface area contributed by atoms with E-state index in [1.54, 1.807) is 7.05 Å². The van der Waals surface area contributed by atoms with Crippen LogP contribution in [0.2, 0.25) is 0 Å². The second-order valence-electron chi connectivity index (χ2n) is 3.76. The summed E-state index contributed by atoms with van der Waals surface area (Å²) in [6.07, 6.45) is 2.91. The first kappa shape index (κ1) is 11.8. The standard InChI is InChI=1S/C12H11N3O3/c1-15-7-9(2-3-11(15)17)14-12(18)8-4-5-13-10(16)6-8/h2-7H,1H3,(H,13,16)(H,14,18). The molecule has 0 bridgehead atoms. The van der Waals surface area contributed by atoms with E-state index in [9.17, 15) is 14.4 Å². The van der Waals surface area contributed by atoms with Crippen molar-refractivity contribution in [3.63, 3.8) is 0 Å². The zero-order valence-corrected chi connectivity index (χ0v) is 9.64. The molecular formula is C12H11N3O3. The molecule has 1 amide bonds. The minimum atomic E-state index is -0.403. The highest BCUT2D eigenvalue weighted by Crippen LogP contribution is 2.05. The summed E-state index contributed by atoms with van der Waals surface area (Å²) in [5.41, 5.74) is 0.238. The number of aromatic amines is 1. The molecule has 2 N–H and O–H groups in total. The van der Waals surface area contributed by atoms with E-state index in [1.165, 1.54) is 41.2 Å². The smallest absolute Gasteiger partial charge is 0.255 e. The minimum absolute atomic E-state index is 0.163. The molecule has 0 unspecified atom stereocenters. The molecule has 0 atom stereocenters. The van der Waals surface area contributed by atoms with Crippen molar-refractivity contribution in [2.24, 2.45) is 7.05 Å². The molecule has 92 valence electrons. The fourth-order valence-electron chi connectivity index (χ4n) is 1.46. The number of hydrogen-bond donors (Lipinski definition) is 2. The number of amides is 1. The maximum absolute atomic E-state index is 11.8. The molecule has 2 heterocycles. The molecule has 0 aliphatic heterocycles. The first-order chi connectivity index (χ1) is 8.56. The second kappa shape index (κ2) is 4.70. The lowest BCUT2D eigenvalue weighted by Crippen LogP contribution is -2.19. The molecule has 2 rings (SSSR count). The van der Waals surface area contributed by atoms with Crippen LogP contribution in [-0.4, -0.2) is 15.5 Å². The molecule has 0 aliphatic carbocycles. The van der Waals surface area contributed by atoms with Crippen molar-refractivity contribution in [3.8, 4) is 0 Å². The molecule has 0 saturated carbocycles. The van der Waals surface area contributed by atoms with E-state index < -0.39 is 5.91 Å². The quantitative estimate of drug-likeness (QED) is 0.799. The number of rotatable bonds is 2. The van der Waals surface area contributed by atoms with Crippen LogP contribution >= 0.6 is 0 Å². The van der Waals surface area contributed by atoms with E-state index >= 15 is 0 Å². The number of nitrogens with zero attached hydrogens (tertiary/aromatic N) is 1. The lowest BCUT2D eigenvalue weighted by Gasteiger charge is -2.06. The van der Waals surface area contributed by atoms with E-state index in [2.05, 4.69) is 10.3 Å². The van der Waals surface area contributed by atoms with Gasteiger partial charge in [-0.2, -0.15) is 0 Å². The number of carbonyl (C=O) groups excluding carboxylic acids is 1. The number of H-pyrrole nitrogens is 1. The third kappa shape index (κ3) is 2.54. The van der Waals surface area contributed by atoms with E-state index in [4.69, 9.17) is 0 Å². The van der Waals surface area contributed by atoms with Crippen LogP contribution in [0, 0.1) is 0 Å². The zero-order valence-electron chi connectivity index (χ0n) is 9.64. The number of carbonyl (C=O) groups is 1. The Kier molecular flexibility index (Phi) is 3.09. The predicted octanol–water partition coefficient (Wildman–Crippen LogP) is 0.326. The van der Waals surface area contributed by atoms with Crippen LogP contribution in [-0.2, 0) is 7.05 Å². The summed E-state index contributed by atoms with van der Waals surface area (Å²) in [5.74, 6) is -0.403. The van der Waals surface area contributed by atoms with Crippen LogP contribution in [0.5, 0.6) is 0 Å². The van der Waals surface area contributed by atoms with Crippen LogP contribution < -0.4 is 16.4 Å². The summed E-state index contributed by atoms with van der Waals surface area (Å²) in [6, 6.07) is 5.57. The number of hydrogen-bond acceptors (Lipinski definition) is 3. The van der Waals surface area contributed by atoms with Gasteiger partial charge in [-0.25, -0.2) is 0 Å². The number of aromatic nitrogens is 2. The van der Waals surface area contributed by atoms with Crippen molar-refractivity contribution >= 4 is 11.6 Å². The van der Waals surface area contributed by atoms with E-state index in [-0.39, 0.29) is 16.7 Å². The topological polar surface area (TPSA) is 84.0 Å². The van der Waals surface area contributed by atoms with Crippen LogP contribution in [0.25, 0.3) is 0 Å². The Labute approximate surface area is 102 Å². The number of nitrogens with one attached hydrogen (secondary N) is 2. The summed E-state index contributed by atoms with van der Waals surface area (Å²) in [5, 5.41) is 2.60. The lowest BCUT2D eigenvalue weighted by atomic mass is 10.2. The maximum Gasteiger partial charge on any atom is 0.255 e. The fraction of sp³-hybridized carbons (Fsp3) is 0.0833. The highest BCUT2D eigenvalue weighted by atomic mass is 16.2. The summed E-state index contributed by atoms with van der Waals surface area (Å²) in [4.78, 5) is 36.5. The predicted molar refractivity (Wildman–Crippen MR) is 66.7 cm³/mol. The maximum atomic E-state index is 11.8. The van der Waals surface area contributed by atoms with Gasteiger partial charge in [0.15, 0.2) is 0 Å². The van der Waals surface area contributed by atoms with E-state index in [1.807, 2.05) is 0 Å². The molecule has 0 radical (unpaired) electrons. The highest BCUT2D eigenvalue weighted by Gasteiger charge is 2.06. The summed E-state index contributed by atoms with van der Waals surface area (Å²) in [6.45, 7) is 0. The Balaban J connectivity index is 2.24. The van der Waals surface area contributed by atoms with Gasteiger partial charge in [0.05, 0.1) is 5.69 Å². The van der Waals surface area contributed by atoms with Crippen molar-refractivity contribution in [3.05, 3.63) is 62.9 Å². The number of pyridine rings is 2. The van der Waals surface area contributed by atoms with E-state index in [0.29, 0.717) is 5.69 Å². The number of aryl methyl sites for hydroxylation is 1. The molecule has 0 aromatic carbocycles. The molecule has 0 aliphatic rings. The third-order valence-corrected chi connectivity index (χ3v) is 2.38. The Bertz CT molecular complexity index is 700. The van der Waals surface area contributed by atoms with Gasteiger partial charge < -0.3 is 14.9 Å². The summed E-state index contributed by atoms with van der Waals surface area (Å²) in [7, 11) is 1.59. The van der Waals surface area contributed by atoms with Gasteiger partial charge in [0.25, 0.3) is 5.91 Å². The molecule has 0 fully saturated rings. The normalized spacial score (nSPS) is 10.1. The molecule has 2 aromatic rings. The van der Waals surface area contributed by atoms with Gasteiger partial charge >= 0.3 is 0 Å². The SMILES string of the molecule is Cn1cc(NC(=O)c2cc[nH]c(=O)c2)ccc1=O. The van der Waals surface area contributed by atoms with Gasteiger partial charge in [-0.3, -0.25) is 14.4 Å². The van der Waals surface area contributed by atoms with Crippen molar-refractivity contribution in [2.75, 3.05) is 5.32 Å². The van der Waals surface area contributed by atoms with Gasteiger partial charge in [0.2, 0.25) is 11.1 Å². The van der Waals surface area contributed by atoms with Gasteiger partial charge in [-0.15, -0.1) is 0 Å². The molecular weight excluding hydrogens is 234 g/mol. The average molecular weight is 245 g/mol. The van der Waals surface area contributed by atoms with Gasteiger partial charge in [0.1, 0.15) is 0 Å². The monoisotopic (exact) mass is 245 g/mol. The molecule has 6 heteroatoms. The van der Waals surface area contributed by atoms with Crippen LogP contribution in [0.3, 0.4) is 0 Å². The number of anilines is 1. The first-order valence-corrected chi connectivity index (χ1v) is 5.23. The third-order valence-electron chi connectivity index (χ3n) is 2.38. The zero-order chi connectivity index (χ0) is 13.1. The minimum Gasteiger partial charge on any atom is -0.329 e. The average Bonchev–Trinajstić information content (AvgIpc) is 2.34. The summed E-state index contributed by atoms with van der Waals surface area (Å²) < 4.78 is 1.35. The van der Waals surface area contributed by atoms with Gasteiger partial charge in [0, 0.05) is 37.1 Å². The Hall–Kier alpha value is -2.63. The molecule has 18 heavy (non-hydrogen) atoms. The van der Waals surface area contributed by atoms with Crippen molar-refractivity contribution in [1.82, 2.24) is 9.55 Å². The lowest BCUT2D eigenvalue weighted by molar-refractivity contribution is 0.102. The Morgan fingerprint density at radius 1 is 1.28 bits per heavy atom. The Morgan fingerprint density at radius 3 is 2.72 bits per heavy atom. The second-order valence-corrected chi connectivity index (χ2v) is 3.76. The van der Waals surface area contributed by atoms with Crippen LogP contribution in [0.15, 0.2) is 46.2 Å². The molecule has 0 saturated heterocycles. The highest BCUT2D eigenvalue weighted by molar-refractivity contribution is 6.04. The Morgan fingerprint density at radius 2 is 2.06 bits per heavy atom. The molecule has 6 nitrogen and oxygen atoms in total. The van der Waals surface area contributed by atoms with E-state index in [0.717, 1.165) is 0 Å². The largest absolute Gasteiger partial charge is 0.329 e. The molecule has 2 aromatic heterocycles.